The standard InChI is InChI=1S/C27H23N5O3/c1-17-7-6-10-20(13-17)25-30-27(35-31-25)22-15-32(26-21(24(22)34)12-11-18(2)29-26)16-23(33)28-14-19-8-4-3-5-9-19/h3-13,15H,14,16H2,1-2H3,(H,28,33). The van der Waals surface area contributed by atoms with Gasteiger partial charge in [0.05, 0.1) is 5.39 Å². The van der Waals surface area contributed by atoms with Gasteiger partial charge < -0.3 is 14.4 Å². The summed E-state index contributed by atoms with van der Waals surface area (Å²) in [5.41, 5.74) is 3.94. The van der Waals surface area contributed by atoms with E-state index in [4.69, 9.17) is 4.52 Å². The molecule has 8 nitrogen and oxygen atoms in total. The summed E-state index contributed by atoms with van der Waals surface area (Å²) in [6.45, 7) is 4.20. The van der Waals surface area contributed by atoms with Crippen molar-refractivity contribution < 1.29 is 9.32 Å². The molecular weight excluding hydrogens is 442 g/mol. The van der Waals surface area contributed by atoms with E-state index in [0.717, 1.165) is 22.4 Å². The molecule has 0 saturated heterocycles. The lowest BCUT2D eigenvalue weighted by molar-refractivity contribution is -0.121. The zero-order chi connectivity index (χ0) is 24.4. The second-order valence-electron chi connectivity index (χ2n) is 8.38. The number of aryl methyl sites for hydroxylation is 2. The molecule has 0 spiro atoms. The lowest BCUT2D eigenvalue weighted by Gasteiger charge is -2.12. The van der Waals surface area contributed by atoms with E-state index in [-0.39, 0.29) is 29.3 Å². The molecule has 174 valence electrons. The fourth-order valence-electron chi connectivity index (χ4n) is 3.87. The molecule has 5 rings (SSSR count). The fourth-order valence-corrected chi connectivity index (χ4v) is 3.87. The van der Waals surface area contributed by atoms with Crippen LogP contribution < -0.4 is 10.7 Å². The number of nitrogens with zero attached hydrogens (tertiary/aromatic N) is 4. The quantitative estimate of drug-likeness (QED) is 0.406. The molecule has 3 aromatic heterocycles. The minimum atomic E-state index is -0.284. The van der Waals surface area contributed by atoms with E-state index in [2.05, 4.69) is 20.4 Å². The molecular formula is C27H23N5O3. The molecule has 0 bridgehead atoms. The first kappa shape index (κ1) is 22.2. The Kier molecular flexibility index (Phi) is 5.93. The number of aromatic nitrogens is 4. The number of rotatable bonds is 6. The summed E-state index contributed by atoms with van der Waals surface area (Å²) < 4.78 is 7.12. The van der Waals surface area contributed by atoms with E-state index in [1.807, 2.05) is 68.4 Å². The van der Waals surface area contributed by atoms with E-state index < -0.39 is 0 Å². The van der Waals surface area contributed by atoms with Gasteiger partial charge in [0.25, 0.3) is 5.89 Å². The van der Waals surface area contributed by atoms with Crippen LogP contribution in [0.3, 0.4) is 0 Å². The van der Waals surface area contributed by atoms with Crippen molar-refractivity contribution in [3.8, 4) is 22.8 Å². The number of hydrogen-bond donors (Lipinski definition) is 1. The topological polar surface area (TPSA) is 103 Å². The molecule has 0 radical (unpaired) electrons. The second kappa shape index (κ2) is 9.34. The Hall–Kier alpha value is -4.59. The van der Waals surface area contributed by atoms with Gasteiger partial charge in [-0.05, 0) is 37.6 Å². The van der Waals surface area contributed by atoms with Crippen molar-refractivity contribution in [2.75, 3.05) is 0 Å². The van der Waals surface area contributed by atoms with Crippen molar-refractivity contribution in [3.63, 3.8) is 0 Å². The zero-order valence-corrected chi connectivity index (χ0v) is 19.4. The molecule has 8 heteroatoms. The summed E-state index contributed by atoms with van der Waals surface area (Å²) in [6.07, 6.45) is 1.56. The first-order valence-corrected chi connectivity index (χ1v) is 11.2. The van der Waals surface area contributed by atoms with Crippen LogP contribution in [0.25, 0.3) is 33.9 Å². The monoisotopic (exact) mass is 465 g/mol. The summed E-state index contributed by atoms with van der Waals surface area (Å²) >= 11 is 0. The number of benzene rings is 2. The van der Waals surface area contributed by atoms with Gasteiger partial charge in [-0.25, -0.2) is 4.98 Å². The average molecular weight is 466 g/mol. The molecule has 0 saturated carbocycles. The fraction of sp³-hybridized carbons (Fsp3) is 0.148. The van der Waals surface area contributed by atoms with Crippen LogP contribution in [0.2, 0.25) is 0 Å². The van der Waals surface area contributed by atoms with Crippen LogP contribution in [0.4, 0.5) is 0 Å². The van der Waals surface area contributed by atoms with Crippen LogP contribution in [-0.2, 0) is 17.9 Å². The van der Waals surface area contributed by atoms with Gasteiger partial charge in [-0.3, -0.25) is 9.59 Å². The van der Waals surface area contributed by atoms with Crippen LogP contribution >= 0.6 is 0 Å². The SMILES string of the molecule is Cc1cccc(-c2noc(-c3cn(CC(=O)NCc4ccccc4)c4nc(C)ccc4c3=O)n2)c1. The lowest BCUT2D eigenvalue weighted by Crippen LogP contribution is -2.28. The number of carbonyl (C=O) groups excluding carboxylic acids is 1. The number of nitrogens with one attached hydrogen (secondary N) is 1. The molecule has 0 aliphatic carbocycles. The van der Waals surface area contributed by atoms with Crippen molar-refractivity contribution in [2.45, 2.75) is 26.9 Å². The number of fused-ring (bicyclic) bond motifs is 1. The maximum absolute atomic E-state index is 13.3. The van der Waals surface area contributed by atoms with Crippen LogP contribution in [0.15, 0.2) is 82.2 Å². The molecule has 0 aliphatic heterocycles. The number of pyridine rings is 2. The molecule has 0 aliphatic rings. The molecule has 2 aromatic carbocycles. The average Bonchev–Trinajstić information content (AvgIpc) is 3.35. The highest BCUT2D eigenvalue weighted by Crippen LogP contribution is 2.23. The highest BCUT2D eigenvalue weighted by Gasteiger charge is 2.19. The van der Waals surface area contributed by atoms with Crippen LogP contribution in [0, 0.1) is 13.8 Å². The van der Waals surface area contributed by atoms with E-state index in [0.29, 0.717) is 23.4 Å². The summed E-state index contributed by atoms with van der Waals surface area (Å²) in [5, 5.41) is 7.35. The van der Waals surface area contributed by atoms with E-state index >= 15 is 0 Å². The normalized spacial score (nSPS) is 11.0. The van der Waals surface area contributed by atoms with Gasteiger partial charge in [0.2, 0.25) is 17.2 Å². The molecule has 1 N–H and O–H groups in total. The molecule has 0 unspecified atom stereocenters. The van der Waals surface area contributed by atoms with E-state index in [1.165, 1.54) is 0 Å². The molecule has 5 aromatic rings. The van der Waals surface area contributed by atoms with E-state index in [1.54, 1.807) is 22.9 Å². The van der Waals surface area contributed by atoms with Crippen molar-refractivity contribution in [2.24, 2.45) is 0 Å². The van der Waals surface area contributed by atoms with Crippen molar-refractivity contribution in [1.29, 1.82) is 0 Å². The minimum absolute atomic E-state index is 0.0219. The summed E-state index contributed by atoms with van der Waals surface area (Å²) in [6, 6.07) is 20.8. The number of amides is 1. The highest BCUT2D eigenvalue weighted by atomic mass is 16.5. The number of carbonyl (C=O) groups is 1. The van der Waals surface area contributed by atoms with E-state index in [9.17, 15) is 9.59 Å². The molecule has 0 fully saturated rings. The van der Waals surface area contributed by atoms with Crippen LogP contribution in [-0.4, -0.2) is 25.6 Å². The Morgan fingerprint density at radius 1 is 1.00 bits per heavy atom. The predicted molar refractivity (Wildman–Crippen MR) is 132 cm³/mol. The Labute approximate surface area is 201 Å². The minimum Gasteiger partial charge on any atom is -0.350 e. The third kappa shape index (κ3) is 4.72. The Morgan fingerprint density at radius 3 is 2.63 bits per heavy atom. The molecule has 35 heavy (non-hydrogen) atoms. The number of hydrogen-bond acceptors (Lipinski definition) is 6. The maximum atomic E-state index is 13.3. The van der Waals surface area contributed by atoms with Crippen molar-refractivity contribution in [3.05, 3.63) is 100.0 Å². The maximum Gasteiger partial charge on any atom is 0.263 e. The van der Waals surface area contributed by atoms with Gasteiger partial charge in [0.15, 0.2) is 0 Å². The smallest absolute Gasteiger partial charge is 0.263 e. The molecule has 3 heterocycles. The summed E-state index contributed by atoms with van der Waals surface area (Å²) in [5.74, 6) is 0.267. The van der Waals surface area contributed by atoms with Crippen molar-refractivity contribution in [1.82, 2.24) is 25.0 Å². The predicted octanol–water partition coefficient (Wildman–Crippen LogP) is 4.05. The second-order valence-corrected chi connectivity index (χ2v) is 8.38. The highest BCUT2D eigenvalue weighted by molar-refractivity contribution is 5.83. The lowest BCUT2D eigenvalue weighted by atomic mass is 10.1. The van der Waals surface area contributed by atoms with Crippen LogP contribution in [0.1, 0.15) is 16.8 Å². The largest absolute Gasteiger partial charge is 0.350 e. The molecule has 0 atom stereocenters. The van der Waals surface area contributed by atoms with Gasteiger partial charge in [0.1, 0.15) is 17.8 Å². The van der Waals surface area contributed by atoms with Gasteiger partial charge >= 0.3 is 0 Å². The first-order chi connectivity index (χ1) is 17.0. The third-order valence-corrected chi connectivity index (χ3v) is 5.64. The third-order valence-electron chi connectivity index (χ3n) is 5.64. The molecule has 1 amide bonds. The van der Waals surface area contributed by atoms with Crippen molar-refractivity contribution >= 4 is 16.9 Å². The Bertz CT molecular complexity index is 1590. The summed E-state index contributed by atoms with van der Waals surface area (Å²) in [4.78, 5) is 35.1. The van der Waals surface area contributed by atoms with Gasteiger partial charge in [0, 0.05) is 24.0 Å². The van der Waals surface area contributed by atoms with Gasteiger partial charge in [-0.1, -0.05) is 59.3 Å². The van der Waals surface area contributed by atoms with Gasteiger partial charge in [-0.15, -0.1) is 0 Å². The zero-order valence-electron chi connectivity index (χ0n) is 19.4. The Balaban J connectivity index is 1.51. The Morgan fingerprint density at radius 2 is 1.83 bits per heavy atom. The first-order valence-electron chi connectivity index (χ1n) is 11.2. The van der Waals surface area contributed by atoms with Gasteiger partial charge in [-0.2, -0.15) is 4.98 Å². The summed E-state index contributed by atoms with van der Waals surface area (Å²) in [7, 11) is 0. The van der Waals surface area contributed by atoms with Crippen LogP contribution in [0.5, 0.6) is 0 Å².